The summed E-state index contributed by atoms with van der Waals surface area (Å²) in [6.45, 7) is 1.90. The van der Waals surface area contributed by atoms with Crippen molar-refractivity contribution in [3.8, 4) is 5.06 Å². The Labute approximate surface area is 79.4 Å². The molecule has 0 spiro atoms. The predicted octanol–water partition coefficient (Wildman–Crippen LogP) is 1.13. The second-order valence-electron chi connectivity index (χ2n) is 2.46. The number of carbonyl (C=O) groups is 1. The molecule has 1 rings (SSSR count). The Balaban J connectivity index is 2.77. The minimum Gasteiger partial charge on any atom is -0.481 e. The number of carboxylic acids is 1. The fourth-order valence-corrected chi connectivity index (χ4v) is 1.74. The van der Waals surface area contributed by atoms with Crippen LogP contribution in [-0.4, -0.2) is 29.4 Å². The van der Waals surface area contributed by atoms with Gasteiger partial charge in [-0.25, -0.2) is 4.79 Å². The van der Waals surface area contributed by atoms with Crippen molar-refractivity contribution in [2.45, 2.75) is 6.92 Å². The third-order valence-corrected chi connectivity index (χ3v) is 2.55. The lowest BCUT2D eigenvalue weighted by molar-refractivity contribution is 0.0702. The van der Waals surface area contributed by atoms with Crippen molar-refractivity contribution >= 4 is 17.3 Å². The Kier molecular flexibility index (Phi) is 3.27. The van der Waals surface area contributed by atoms with E-state index in [1.54, 1.807) is 13.0 Å². The van der Waals surface area contributed by atoms with Crippen LogP contribution in [0.3, 0.4) is 0 Å². The first-order valence-electron chi connectivity index (χ1n) is 3.72. The Morgan fingerprint density at radius 3 is 2.85 bits per heavy atom. The molecule has 0 amide bonds. The molecule has 13 heavy (non-hydrogen) atoms. The molecule has 0 saturated heterocycles. The maximum absolute atomic E-state index is 10.5. The number of rotatable bonds is 4. The Morgan fingerprint density at radius 1 is 1.69 bits per heavy atom. The number of carboxylic acid groups (broad SMARTS) is 1. The molecule has 0 unspecified atom stereocenters. The van der Waals surface area contributed by atoms with Gasteiger partial charge in [0.05, 0.1) is 6.61 Å². The molecule has 2 N–H and O–H groups in total. The number of ether oxygens (including phenoxy) is 1. The molecule has 0 aliphatic carbocycles. The van der Waals surface area contributed by atoms with Crippen LogP contribution in [0.25, 0.3) is 0 Å². The van der Waals surface area contributed by atoms with E-state index in [-0.39, 0.29) is 18.1 Å². The average molecular weight is 202 g/mol. The molecule has 0 bridgehead atoms. The van der Waals surface area contributed by atoms with Gasteiger partial charge in [0.2, 0.25) is 0 Å². The van der Waals surface area contributed by atoms with E-state index in [4.69, 9.17) is 14.9 Å². The minimum atomic E-state index is -0.952. The van der Waals surface area contributed by atoms with Crippen LogP contribution in [0.15, 0.2) is 6.07 Å². The lowest BCUT2D eigenvalue weighted by Crippen LogP contribution is -2.00. The monoisotopic (exact) mass is 202 g/mol. The van der Waals surface area contributed by atoms with Gasteiger partial charge < -0.3 is 14.9 Å². The molecule has 0 aliphatic heterocycles. The first kappa shape index (κ1) is 10.0. The molecule has 0 aromatic carbocycles. The van der Waals surface area contributed by atoms with Gasteiger partial charge in [0.15, 0.2) is 5.06 Å². The van der Waals surface area contributed by atoms with Crippen molar-refractivity contribution in [1.82, 2.24) is 0 Å². The second-order valence-corrected chi connectivity index (χ2v) is 3.47. The Bertz CT molecular complexity index is 305. The molecule has 1 aromatic heterocycles. The number of thiophene rings is 1. The zero-order valence-corrected chi connectivity index (χ0v) is 7.93. The molecular formula is C8H10O4S. The lowest BCUT2D eigenvalue weighted by atomic mass is 10.3. The third-order valence-electron chi connectivity index (χ3n) is 1.41. The van der Waals surface area contributed by atoms with E-state index >= 15 is 0 Å². The smallest absolute Gasteiger partial charge is 0.346 e. The highest BCUT2D eigenvalue weighted by Crippen LogP contribution is 2.29. The first-order valence-corrected chi connectivity index (χ1v) is 4.54. The number of hydrogen-bond acceptors (Lipinski definition) is 4. The van der Waals surface area contributed by atoms with E-state index in [9.17, 15) is 4.79 Å². The van der Waals surface area contributed by atoms with Gasteiger partial charge >= 0.3 is 5.97 Å². The van der Waals surface area contributed by atoms with E-state index in [1.807, 2.05) is 0 Å². The van der Waals surface area contributed by atoms with Crippen LogP contribution in [0.2, 0.25) is 0 Å². The van der Waals surface area contributed by atoms with E-state index in [2.05, 4.69) is 0 Å². The van der Waals surface area contributed by atoms with Crippen LogP contribution in [0.5, 0.6) is 5.06 Å². The van der Waals surface area contributed by atoms with Gasteiger partial charge in [-0.05, 0) is 13.0 Å². The van der Waals surface area contributed by atoms with Gasteiger partial charge in [0.25, 0.3) is 0 Å². The highest BCUT2D eigenvalue weighted by Gasteiger charge is 2.11. The average Bonchev–Trinajstić information content (AvgIpc) is 2.44. The van der Waals surface area contributed by atoms with Crippen LogP contribution >= 0.6 is 11.3 Å². The first-order chi connectivity index (χ1) is 6.15. The number of hydrogen-bond donors (Lipinski definition) is 2. The summed E-state index contributed by atoms with van der Waals surface area (Å²) in [5.41, 5.74) is 0.788. The number of aliphatic hydroxyl groups excluding tert-OH is 1. The molecule has 0 saturated carbocycles. The van der Waals surface area contributed by atoms with Crippen LogP contribution < -0.4 is 4.74 Å². The number of aliphatic hydroxyl groups is 1. The van der Waals surface area contributed by atoms with Crippen molar-refractivity contribution in [3.05, 3.63) is 16.5 Å². The van der Waals surface area contributed by atoms with E-state index in [1.165, 1.54) is 0 Å². The van der Waals surface area contributed by atoms with Gasteiger partial charge in [-0.15, -0.1) is 0 Å². The molecular weight excluding hydrogens is 192 g/mol. The zero-order chi connectivity index (χ0) is 9.84. The third kappa shape index (κ3) is 2.43. The van der Waals surface area contributed by atoms with Crippen LogP contribution in [-0.2, 0) is 0 Å². The number of aryl methyl sites for hydroxylation is 1. The Hall–Kier alpha value is -1.07. The molecule has 0 radical (unpaired) electrons. The topological polar surface area (TPSA) is 66.8 Å². The second kappa shape index (κ2) is 4.25. The van der Waals surface area contributed by atoms with E-state index < -0.39 is 5.97 Å². The SMILES string of the molecule is Cc1cc(C(=O)O)sc1OCCO. The zero-order valence-electron chi connectivity index (χ0n) is 7.11. The Morgan fingerprint density at radius 2 is 2.38 bits per heavy atom. The quantitative estimate of drug-likeness (QED) is 0.768. The molecule has 1 aromatic rings. The summed E-state index contributed by atoms with van der Waals surface area (Å²) in [5, 5.41) is 17.7. The maximum Gasteiger partial charge on any atom is 0.346 e. The summed E-state index contributed by atoms with van der Waals surface area (Å²) in [5.74, 6) is -0.952. The van der Waals surface area contributed by atoms with Gasteiger partial charge in [-0.2, -0.15) is 0 Å². The van der Waals surface area contributed by atoms with Crippen LogP contribution in [0.4, 0.5) is 0 Å². The summed E-state index contributed by atoms with van der Waals surface area (Å²) in [4.78, 5) is 10.8. The van der Waals surface area contributed by atoms with Crippen molar-refractivity contribution in [1.29, 1.82) is 0 Å². The molecule has 0 atom stereocenters. The lowest BCUT2D eigenvalue weighted by Gasteiger charge is -2.00. The number of aromatic carboxylic acids is 1. The van der Waals surface area contributed by atoms with Crippen molar-refractivity contribution in [3.63, 3.8) is 0 Å². The fraction of sp³-hybridized carbons (Fsp3) is 0.375. The predicted molar refractivity (Wildman–Crippen MR) is 48.6 cm³/mol. The summed E-state index contributed by atoms with van der Waals surface area (Å²) < 4.78 is 5.12. The van der Waals surface area contributed by atoms with Crippen molar-refractivity contribution < 1.29 is 19.7 Å². The minimum absolute atomic E-state index is 0.0697. The maximum atomic E-state index is 10.5. The molecule has 0 fully saturated rings. The standard InChI is InChI=1S/C8H10O4S/c1-5-4-6(7(10)11)13-8(5)12-3-2-9/h4,9H,2-3H2,1H3,(H,10,11). The molecule has 4 nitrogen and oxygen atoms in total. The van der Waals surface area contributed by atoms with Crippen LogP contribution in [0, 0.1) is 6.92 Å². The van der Waals surface area contributed by atoms with E-state index in [0.29, 0.717) is 5.06 Å². The van der Waals surface area contributed by atoms with Crippen molar-refractivity contribution in [2.24, 2.45) is 0 Å². The van der Waals surface area contributed by atoms with Crippen LogP contribution in [0.1, 0.15) is 15.2 Å². The summed E-state index contributed by atoms with van der Waals surface area (Å²) >= 11 is 1.07. The highest BCUT2D eigenvalue weighted by molar-refractivity contribution is 7.15. The molecule has 72 valence electrons. The molecule has 5 heteroatoms. The summed E-state index contributed by atoms with van der Waals surface area (Å²) in [7, 11) is 0. The van der Waals surface area contributed by atoms with Gasteiger partial charge in [-0.1, -0.05) is 11.3 Å². The van der Waals surface area contributed by atoms with Gasteiger partial charge in [-0.3, -0.25) is 0 Å². The van der Waals surface area contributed by atoms with Gasteiger partial charge in [0, 0.05) is 5.56 Å². The molecule has 0 aliphatic rings. The van der Waals surface area contributed by atoms with Gasteiger partial charge in [0.1, 0.15) is 11.5 Å². The largest absolute Gasteiger partial charge is 0.481 e. The fourth-order valence-electron chi connectivity index (χ4n) is 0.852. The van der Waals surface area contributed by atoms with E-state index in [0.717, 1.165) is 16.9 Å². The normalized spacial score (nSPS) is 10.0. The summed E-state index contributed by atoms with van der Waals surface area (Å²) in [6, 6.07) is 1.56. The van der Waals surface area contributed by atoms with Crippen molar-refractivity contribution in [2.75, 3.05) is 13.2 Å². The highest BCUT2D eigenvalue weighted by atomic mass is 32.1. The molecule has 1 heterocycles. The summed E-state index contributed by atoms with van der Waals surface area (Å²) in [6.07, 6.45) is 0.